The fourth-order valence-electron chi connectivity index (χ4n) is 2.41. The molecule has 1 aliphatic rings. The summed E-state index contributed by atoms with van der Waals surface area (Å²) >= 11 is 0. The zero-order chi connectivity index (χ0) is 11.6. The van der Waals surface area contributed by atoms with Crippen LogP contribution in [0.4, 0.5) is 0 Å². The molecule has 16 heavy (non-hydrogen) atoms. The molecule has 0 spiro atoms. The van der Waals surface area contributed by atoms with Gasteiger partial charge in [0, 0.05) is 32.8 Å². The number of nitrogens with zero attached hydrogens (tertiary/aromatic N) is 1. The Hall–Kier alpha value is -0.120. The van der Waals surface area contributed by atoms with Crippen molar-refractivity contribution in [2.45, 2.75) is 33.1 Å². The summed E-state index contributed by atoms with van der Waals surface area (Å²) in [6.45, 7) is 11.9. The Balaban J connectivity index is 1.90. The second-order valence-electron chi connectivity index (χ2n) is 4.69. The number of hydrogen-bond donors (Lipinski definition) is 1. The van der Waals surface area contributed by atoms with Crippen LogP contribution in [0.2, 0.25) is 0 Å². The molecule has 96 valence electrons. The van der Waals surface area contributed by atoms with Crippen LogP contribution < -0.4 is 5.32 Å². The summed E-state index contributed by atoms with van der Waals surface area (Å²) in [7, 11) is 0. The van der Waals surface area contributed by atoms with E-state index in [2.05, 4.69) is 17.1 Å². The first-order valence-electron chi connectivity index (χ1n) is 6.87. The van der Waals surface area contributed by atoms with Crippen LogP contribution in [-0.2, 0) is 4.74 Å². The summed E-state index contributed by atoms with van der Waals surface area (Å²) < 4.78 is 5.28. The van der Waals surface area contributed by atoms with Crippen molar-refractivity contribution in [3.63, 3.8) is 0 Å². The molecule has 0 aromatic rings. The summed E-state index contributed by atoms with van der Waals surface area (Å²) in [4.78, 5) is 2.59. The van der Waals surface area contributed by atoms with Crippen molar-refractivity contribution in [1.29, 1.82) is 0 Å². The van der Waals surface area contributed by atoms with Gasteiger partial charge < -0.3 is 15.0 Å². The Morgan fingerprint density at radius 3 is 2.94 bits per heavy atom. The predicted octanol–water partition coefficient (Wildman–Crippen LogP) is 1.73. The maximum atomic E-state index is 5.28. The van der Waals surface area contributed by atoms with Gasteiger partial charge in [0.1, 0.15) is 0 Å². The van der Waals surface area contributed by atoms with Gasteiger partial charge in [-0.25, -0.2) is 0 Å². The molecule has 0 bridgehead atoms. The summed E-state index contributed by atoms with van der Waals surface area (Å²) in [6.07, 6.45) is 4.16. The first-order valence-corrected chi connectivity index (χ1v) is 6.87. The Bertz CT molecular complexity index is 164. The van der Waals surface area contributed by atoms with Crippen molar-refractivity contribution >= 4 is 0 Å². The molecule has 0 amide bonds. The molecular weight excluding hydrogens is 200 g/mol. The lowest BCUT2D eigenvalue weighted by atomic mass is 10.0. The van der Waals surface area contributed by atoms with Gasteiger partial charge in [-0.1, -0.05) is 13.3 Å². The highest BCUT2D eigenvalue weighted by Gasteiger charge is 2.20. The number of ether oxygens (including phenoxy) is 1. The fraction of sp³-hybridized carbons (Fsp3) is 1.00. The van der Waals surface area contributed by atoms with E-state index >= 15 is 0 Å². The molecule has 1 atom stereocenters. The van der Waals surface area contributed by atoms with Gasteiger partial charge in [-0.05, 0) is 32.2 Å². The second kappa shape index (κ2) is 8.97. The molecule has 1 unspecified atom stereocenters. The number of nitrogens with one attached hydrogen (secondary N) is 1. The van der Waals surface area contributed by atoms with E-state index in [-0.39, 0.29) is 0 Å². The molecule has 0 saturated carbocycles. The first kappa shape index (κ1) is 13.9. The zero-order valence-electron chi connectivity index (χ0n) is 11.0. The highest BCUT2D eigenvalue weighted by Crippen LogP contribution is 2.19. The molecule has 1 saturated heterocycles. The maximum Gasteiger partial charge on any atom is 0.0590 e. The lowest BCUT2D eigenvalue weighted by molar-refractivity contribution is 0.148. The lowest BCUT2D eigenvalue weighted by Gasteiger charge is -2.16. The minimum Gasteiger partial charge on any atom is -0.380 e. The largest absolute Gasteiger partial charge is 0.380 e. The van der Waals surface area contributed by atoms with E-state index in [4.69, 9.17) is 4.74 Å². The summed E-state index contributed by atoms with van der Waals surface area (Å²) in [5.41, 5.74) is 0. The van der Waals surface area contributed by atoms with Gasteiger partial charge in [0.05, 0.1) is 6.61 Å². The molecule has 1 rings (SSSR count). The third-order valence-corrected chi connectivity index (χ3v) is 3.30. The Labute approximate surface area is 101 Å². The Morgan fingerprint density at radius 2 is 2.19 bits per heavy atom. The van der Waals surface area contributed by atoms with Crippen molar-refractivity contribution < 1.29 is 4.74 Å². The van der Waals surface area contributed by atoms with Crippen LogP contribution in [0.25, 0.3) is 0 Å². The number of hydrogen-bond acceptors (Lipinski definition) is 3. The molecule has 1 aliphatic heterocycles. The Morgan fingerprint density at radius 1 is 1.31 bits per heavy atom. The molecule has 1 heterocycles. The summed E-state index contributed by atoms with van der Waals surface area (Å²) in [5, 5.41) is 3.43. The van der Waals surface area contributed by atoms with Crippen LogP contribution in [0, 0.1) is 5.92 Å². The standard InChI is InChI=1S/C13H28N2O/c1-3-5-13-6-9-15(12-13)10-7-14-8-11-16-4-2/h13-14H,3-12H2,1-2H3. The van der Waals surface area contributed by atoms with Crippen molar-refractivity contribution in [1.82, 2.24) is 10.2 Å². The third kappa shape index (κ3) is 5.83. The van der Waals surface area contributed by atoms with Crippen molar-refractivity contribution in [3.05, 3.63) is 0 Å². The smallest absolute Gasteiger partial charge is 0.0590 e. The minimum absolute atomic E-state index is 0.826. The second-order valence-corrected chi connectivity index (χ2v) is 4.69. The molecule has 3 heteroatoms. The molecule has 3 nitrogen and oxygen atoms in total. The van der Waals surface area contributed by atoms with Crippen LogP contribution in [0.5, 0.6) is 0 Å². The van der Waals surface area contributed by atoms with E-state index in [1.54, 1.807) is 0 Å². The van der Waals surface area contributed by atoms with Gasteiger partial charge in [-0.3, -0.25) is 0 Å². The predicted molar refractivity (Wildman–Crippen MR) is 68.8 cm³/mol. The van der Waals surface area contributed by atoms with Gasteiger partial charge in [0.25, 0.3) is 0 Å². The van der Waals surface area contributed by atoms with E-state index in [9.17, 15) is 0 Å². The van der Waals surface area contributed by atoms with E-state index in [1.807, 2.05) is 6.92 Å². The van der Waals surface area contributed by atoms with Crippen LogP contribution in [-0.4, -0.2) is 50.8 Å². The van der Waals surface area contributed by atoms with Gasteiger partial charge >= 0.3 is 0 Å². The van der Waals surface area contributed by atoms with E-state index in [0.717, 1.165) is 32.2 Å². The first-order chi connectivity index (χ1) is 7.86. The molecule has 0 aromatic heterocycles. The third-order valence-electron chi connectivity index (χ3n) is 3.30. The summed E-state index contributed by atoms with van der Waals surface area (Å²) in [5.74, 6) is 0.966. The summed E-state index contributed by atoms with van der Waals surface area (Å²) in [6, 6.07) is 0. The Kier molecular flexibility index (Phi) is 7.81. The average molecular weight is 228 g/mol. The highest BCUT2D eigenvalue weighted by atomic mass is 16.5. The van der Waals surface area contributed by atoms with Gasteiger partial charge in [0.2, 0.25) is 0 Å². The molecule has 0 aromatic carbocycles. The molecule has 0 aliphatic carbocycles. The van der Waals surface area contributed by atoms with E-state index in [1.165, 1.54) is 38.9 Å². The fourth-order valence-corrected chi connectivity index (χ4v) is 2.41. The van der Waals surface area contributed by atoms with Crippen LogP contribution in [0.1, 0.15) is 33.1 Å². The van der Waals surface area contributed by atoms with Crippen LogP contribution >= 0.6 is 0 Å². The quantitative estimate of drug-likeness (QED) is 0.608. The van der Waals surface area contributed by atoms with Crippen LogP contribution in [0.3, 0.4) is 0 Å². The number of rotatable bonds is 9. The van der Waals surface area contributed by atoms with Gasteiger partial charge in [-0.2, -0.15) is 0 Å². The normalized spacial score (nSPS) is 21.8. The van der Waals surface area contributed by atoms with Crippen molar-refractivity contribution in [2.24, 2.45) is 5.92 Å². The maximum absolute atomic E-state index is 5.28. The van der Waals surface area contributed by atoms with Crippen molar-refractivity contribution in [2.75, 3.05) is 45.9 Å². The van der Waals surface area contributed by atoms with Crippen LogP contribution in [0.15, 0.2) is 0 Å². The highest BCUT2D eigenvalue weighted by molar-refractivity contribution is 4.75. The molecule has 1 fully saturated rings. The van der Waals surface area contributed by atoms with Gasteiger partial charge in [0.15, 0.2) is 0 Å². The topological polar surface area (TPSA) is 24.5 Å². The van der Waals surface area contributed by atoms with E-state index < -0.39 is 0 Å². The molecule has 0 radical (unpaired) electrons. The average Bonchev–Trinajstić information content (AvgIpc) is 2.72. The monoisotopic (exact) mass is 228 g/mol. The number of likely N-dealkylation sites (tertiary alicyclic amines) is 1. The lowest BCUT2D eigenvalue weighted by Crippen LogP contribution is -2.32. The molecular formula is C13H28N2O. The minimum atomic E-state index is 0.826. The van der Waals surface area contributed by atoms with Crippen molar-refractivity contribution in [3.8, 4) is 0 Å². The van der Waals surface area contributed by atoms with Gasteiger partial charge in [-0.15, -0.1) is 0 Å². The molecule has 1 N–H and O–H groups in total. The van der Waals surface area contributed by atoms with E-state index in [0.29, 0.717) is 0 Å². The zero-order valence-corrected chi connectivity index (χ0v) is 11.0. The SMILES string of the molecule is CCCC1CCN(CCNCCOCC)C1.